The number of benzene rings is 10. The van der Waals surface area contributed by atoms with Crippen molar-refractivity contribution in [1.82, 2.24) is 9.97 Å². The van der Waals surface area contributed by atoms with E-state index in [1.165, 1.54) is 55.3 Å². The quantitative estimate of drug-likeness (QED) is 0.160. The Morgan fingerprint density at radius 2 is 0.810 bits per heavy atom. The van der Waals surface area contributed by atoms with E-state index in [2.05, 4.69) is 243 Å². The minimum Gasteiger partial charge on any atom is -0.228 e. The Morgan fingerprint density at radius 1 is 0.302 bits per heavy atom. The molecule has 0 fully saturated rings. The van der Waals surface area contributed by atoms with Crippen LogP contribution in [0.15, 0.2) is 243 Å². The monoisotopic (exact) mass is 800 g/mol. The first kappa shape index (κ1) is 36.6. The molecule has 0 N–H and O–H groups in total. The van der Waals surface area contributed by atoms with Crippen molar-refractivity contribution in [3.05, 3.63) is 265 Å². The lowest BCUT2D eigenvalue weighted by molar-refractivity contribution is 0.771. The van der Waals surface area contributed by atoms with Gasteiger partial charge in [-0.2, -0.15) is 0 Å². The van der Waals surface area contributed by atoms with Crippen LogP contribution in [0.4, 0.5) is 0 Å². The predicted octanol–water partition coefficient (Wildman–Crippen LogP) is 15.5. The van der Waals surface area contributed by atoms with Gasteiger partial charge in [0.1, 0.15) is 0 Å². The fourth-order valence-corrected chi connectivity index (χ4v) is 10.3. The van der Waals surface area contributed by atoms with Gasteiger partial charge in [-0.15, -0.1) is 0 Å². The molecule has 0 aliphatic heterocycles. The van der Waals surface area contributed by atoms with E-state index in [-0.39, 0.29) is 0 Å². The summed E-state index contributed by atoms with van der Waals surface area (Å²) in [5, 5.41) is 4.76. The van der Waals surface area contributed by atoms with Crippen molar-refractivity contribution in [2.45, 2.75) is 5.41 Å². The predicted molar refractivity (Wildman–Crippen MR) is 262 cm³/mol. The Morgan fingerprint density at radius 3 is 1.51 bits per heavy atom. The topological polar surface area (TPSA) is 25.8 Å². The van der Waals surface area contributed by atoms with E-state index in [4.69, 9.17) is 9.97 Å². The standard InChI is InChI=1S/C61H40N2/c1-5-20-41(21-6-1)46-29-15-18-33-51(46)57-40-56(43-23-7-2-8-24-43)62-60(63-57)53-38-37-50(48-31-16-17-32-49(48)53)52-34-19-35-54-58-47-30-14-13-22-42(47)36-39-55(58)61(59(52)54,44-25-9-3-10-26-44)45-27-11-4-12-28-45/h1-40H. The largest absolute Gasteiger partial charge is 0.228 e. The van der Waals surface area contributed by atoms with Gasteiger partial charge in [0.15, 0.2) is 5.82 Å². The van der Waals surface area contributed by atoms with Gasteiger partial charge in [-0.1, -0.05) is 231 Å². The van der Waals surface area contributed by atoms with Crippen molar-refractivity contribution in [1.29, 1.82) is 0 Å². The summed E-state index contributed by atoms with van der Waals surface area (Å²) in [6.45, 7) is 0. The fourth-order valence-electron chi connectivity index (χ4n) is 10.3. The summed E-state index contributed by atoms with van der Waals surface area (Å²) in [6, 6.07) is 87.7. The van der Waals surface area contributed by atoms with E-state index >= 15 is 0 Å². The maximum atomic E-state index is 5.44. The third-order valence-corrected chi connectivity index (χ3v) is 13.0. The van der Waals surface area contributed by atoms with Crippen molar-refractivity contribution in [2.75, 3.05) is 0 Å². The van der Waals surface area contributed by atoms with Crippen LogP contribution in [0.3, 0.4) is 0 Å². The molecule has 12 rings (SSSR count). The molecule has 1 heterocycles. The molecular formula is C61H40N2. The summed E-state index contributed by atoms with van der Waals surface area (Å²) in [7, 11) is 0. The smallest absolute Gasteiger partial charge is 0.161 e. The van der Waals surface area contributed by atoms with Gasteiger partial charge in [-0.25, -0.2) is 9.97 Å². The molecular weight excluding hydrogens is 761 g/mol. The Hall–Kier alpha value is -8.20. The molecule has 0 radical (unpaired) electrons. The molecule has 2 nitrogen and oxygen atoms in total. The minimum atomic E-state index is -0.582. The summed E-state index contributed by atoms with van der Waals surface area (Å²) in [5.74, 6) is 0.692. The van der Waals surface area contributed by atoms with Crippen LogP contribution in [0.25, 0.3) is 88.8 Å². The molecule has 1 aliphatic carbocycles. The van der Waals surface area contributed by atoms with Gasteiger partial charge in [0.2, 0.25) is 0 Å². The molecule has 0 amide bonds. The summed E-state index contributed by atoms with van der Waals surface area (Å²) in [5.41, 5.74) is 16.6. The van der Waals surface area contributed by atoms with Gasteiger partial charge in [0.05, 0.1) is 16.8 Å². The van der Waals surface area contributed by atoms with Crippen LogP contribution >= 0.6 is 0 Å². The zero-order valence-electron chi connectivity index (χ0n) is 34.5. The van der Waals surface area contributed by atoms with Gasteiger partial charge in [-0.05, 0) is 89.3 Å². The summed E-state index contributed by atoms with van der Waals surface area (Å²) in [4.78, 5) is 10.8. The average molecular weight is 801 g/mol. The van der Waals surface area contributed by atoms with Crippen LogP contribution in [-0.4, -0.2) is 9.97 Å². The van der Waals surface area contributed by atoms with Crippen molar-refractivity contribution in [3.8, 4) is 67.3 Å². The molecule has 0 bridgehead atoms. The van der Waals surface area contributed by atoms with E-state index in [0.29, 0.717) is 5.82 Å². The molecule has 1 aromatic heterocycles. The van der Waals surface area contributed by atoms with E-state index in [9.17, 15) is 0 Å². The summed E-state index contributed by atoms with van der Waals surface area (Å²) in [6.07, 6.45) is 0. The maximum Gasteiger partial charge on any atom is 0.161 e. The van der Waals surface area contributed by atoms with Crippen LogP contribution in [-0.2, 0) is 5.41 Å². The lowest BCUT2D eigenvalue weighted by atomic mass is 9.66. The third kappa shape index (κ3) is 5.87. The Labute approximate surface area is 367 Å². The van der Waals surface area contributed by atoms with E-state index in [1.54, 1.807) is 0 Å². The van der Waals surface area contributed by atoms with Gasteiger partial charge in [-0.3, -0.25) is 0 Å². The first-order chi connectivity index (χ1) is 31.3. The second-order valence-corrected chi connectivity index (χ2v) is 16.4. The van der Waals surface area contributed by atoms with Gasteiger partial charge in [0, 0.05) is 16.7 Å². The first-order valence-electron chi connectivity index (χ1n) is 21.7. The van der Waals surface area contributed by atoms with E-state index in [0.717, 1.165) is 50.0 Å². The van der Waals surface area contributed by atoms with Crippen LogP contribution in [0, 0.1) is 0 Å². The molecule has 0 unspecified atom stereocenters. The molecule has 1 aliphatic rings. The molecule has 2 heteroatoms. The second-order valence-electron chi connectivity index (χ2n) is 16.4. The lowest BCUT2D eigenvalue weighted by Crippen LogP contribution is -2.29. The van der Waals surface area contributed by atoms with Gasteiger partial charge in [0.25, 0.3) is 0 Å². The molecule has 10 aromatic carbocycles. The highest BCUT2D eigenvalue weighted by Crippen LogP contribution is 2.60. The molecule has 63 heavy (non-hydrogen) atoms. The molecule has 11 aromatic rings. The molecule has 0 atom stereocenters. The minimum absolute atomic E-state index is 0.582. The zero-order valence-corrected chi connectivity index (χ0v) is 34.5. The summed E-state index contributed by atoms with van der Waals surface area (Å²) >= 11 is 0. The number of fused-ring (bicyclic) bond motifs is 6. The number of nitrogens with zero attached hydrogens (tertiary/aromatic N) is 2. The van der Waals surface area contributed by atoms with Crippen molar-refractivity contribution in [2.24, 2.45) is 0 Å². The average Bonchev–Trinajstić information content (AvgIpc) is 3.69. The van der Waals surface area contributed by atoms with Crippen LogP contribution in [0.1, 0.15) is 22.3 Å². The number of hydrogen-bond donors (Lipinski definition) is 0. The normalized spacial score (nSPS) is 12.6. The fraction of sp³-hybridized carbons (Fsp3) is 0.0164. The highest BCUT2D eigenvalue weighted by Gasteiger charge is 2.48. The van der Waals surface area contributed by atoms with Crippen molar-refractivity contribution in [3.63, 3.8) is 0 Å². The van der Waals surface area contributed by atoms with Gasteiger partial charge >= 0.3 is 0 Å². The molecule has 0 saturated heterocycles. The second kappa shape index (κ2) is 15.1. The van der Waals surface area contributed by atoms with Crippen molar-refractivity contribution < 1.29 is 0 Å². The highest BCUT2D eigenvalue weighted by molar-refractivity contribution is 6.09. The summed E-state index contributed by atoms with van der Waals surface area (Å²) < 4.78 is 0. The Bertz CT molecular complexity index is 3450. The molecule has 0 saturated carbocycles. The number of aromatic nitrogens is 2. The van der Waals surface area contributed by atoms with Crippen LogP contribution in [0.5, 0.6) is 0 Å². The highest BCUT2D eigenvalue weighted by atomic mass is 14.9. The van der Waals surface area contributed by atoms with Crippen LogP contribution in [0.2, 0.25) is 0 Å². The Balaban J connectivity index is 1.12. The molecule has 294 valence electrons. The first-order valence-corrected chi connectivity index (χ1v) is 21.7. The van der Waals surface area contributed by atoms with Crippen molar-refractivity contribution >= 4 is 21.5 Å². The van der Waals surface area contributed by atoms with E-state index < -0.39 is 5.41 Å². The Kier molecular flexibility index (Phi) is 8.76. The molecule has 0 spiro atoms. The van der Waals surface area contributed by atoms with Crippen LogP contribution < -0.4 is 0 Å². The van der Waals surface area contributed by atoms with Gasteiger partial charge < -0.3 is 0 Å². The zero-order chi connectivity index (χ0) is 41.7. The third-order valence-electron chi connectivity index (χ3n) is 13.0. The van der Waals surface area contributed by atoms with E-state index in [1.807, 2.05) is 0 Å². The lowest BCUT2D eigenvalue weighted by Gasteiger charge is -2.35. The maximum absolute atomic E-state index is 5.44. The SMILES string of the molecule is c1ccc(-c2cc(-c3ccccc3-c3ccccc3)nc(-c3ccc(-c4cccc5c4C(c4ccccc4)(c4ccccc4)c4ccc6ccccc6c4-5)c4ccccc34)n2)cc1. The number of hydrogen-bond acceptors (Lipinski definition) is 2. The number of rotatable bonds is 7.